The van der Waals surface area contributed by atoms with E-state index in [0.29, 0.717) is 0 Å². The zero-order chi connectivity index (χ0) is 14.7. The van der Waals surface area contributed by atoms with Crippen molar-refractivity contribution in [2.45, 2.75) is 25.9 Å². The van der Waals surface area contributed by atoms with E-state index in [1.54, 1.807) is 11.3 Å². The van der Waals surface area contributed by atoms with Crippen LogP contribution in [0.25, 0.3) is 10.2 Å². The van der Waals surface area contributed by atoms with E-state index in [2.05, 4.69) is 41.0 Å². The van der Waals surface area contributed by atoms with Crippen molar-refractivity contribution in [3.8, 4) is 6.07 Å². The average molecular weight is 300 g/mol. The van der Waals surface area contributed by atoms with E-state index in [9.17, 15) is 0 Å². The average Bonchev–Trinajstić information content (AvgIpc) is 2.92. The SMILES string of the molecule is CCC(C#N)N1CCN(Cc2nc3ccccc3s2)CC1. The van der Waals surface area contributed by atoms with Crippen molar-refractivity contribution in [2.75, 3.05) is 26.2 Å². The summed E-state index contributed by atoms with van der Waals surface area (Å²) in [5.74, 6) is 0. The summed E-state index contributed by atoms with van der Waals surface area (Å²) in [6.45, 7) is 7.02. The number of para-hydroxylation sites is 1. The summed E-state index contributed by atoms with van der Waals surface area (Å²) in [6, 6.07) is 10.8. The second-order valence-corrected chi connectivity index (χ2v) is 6.56. The van der Waals surface area contributed by atoms with Gasteiger partial charge in [-0.05, 0) is 18.6 Å². The molecule has 1 aliphatic heterocycles. The van der Waals surface area contributed by atoms with Gasteiger partial charge in [0.15, 0.2) is 0 Å². The number of aromatic nitrogens is 1. The predicted octanol–water partition coefficient (Wildman–Crippen LogP) is 2.72. The first kappa shape index (κ1) is 14.5. The van der Waals surface area contributed by atoms with Crippen LogP contribution >= 0.6 is 11.3 Å². The van der Waals surface area contributed by atoms with Crippen molar-refractivity contribution in [3.63, 3.8) is 0 Å². The molecule has 1 atom stereocenters. The fourth-order valence-corrected chi connectivity index (χ4v) is 3.85. The van der Waals surface area contributed by atoms with E-state index >= 15 is 0 Å². The van der Waals surface area contributed by atoms with Crippen LogP contribution in [-0.2, 0) is 6.54 Å². The van der Waals surface area contributed by atoms with Gasteiger partial charge >= 0.3 is 0 Å². The minimum absolute atomic E-state index is 0.0783. The summed E-state index contributed by atoms with van der Waals surface area (Å²) in [5, 5.41) is 10.3. The van der Waals surface area contributed by atoms with E-state index < -0.39 is 0 Å². The van der Waals surface area contributed by atoms with Gasteiger partial charge in [0.05, 0.1) is 28.9 Å². The Kier molecular flexibility index (Phi) is 4.49. The molecule has 21 heavy (non-hydrogen) atoms. The smallest absolute Gasteiger partial charge is 0.108 e. The molecule has 1 aromatic heterocycles. The Morgan fingerprint density at radius 1 is 1.29 bits per heavy atom. The topological polar surface area (TPSA) is 43.2 Å². The lowest BCUT2D eigenvalue weighted by molar-refractivity contribution is 0.108. The van der Waals surface area contributed by atoms with Gasteiger partial charge in [-0.1, -0.05) is 19.1 Å². The lowest BCUT2D eigenvalue weighted by Gasteiger charge is -2.36. The van der Waals surface area contributed by atoms with Crippen LogP contribution in [0.5, 0.6) is 0 Å². The van der Waals surface area contributed by atoms with E-state index in [0.717, 1.165) is 44.7 Å². The number of piperazine rings is 1. The summed E-state index contributed by atoms with van der Waals surface area (Å²) in [4.78, 5) is 9.45. The van der Waals surface area contributed by atoms with Crippen LogP contribution in [-0.4, -0.2) is 47.0 Å². The van der Waals surface area contributed by atoms with E-state index in [-0.39, 0.29) is 6.04 Å². The first-order chi connectivity index (χ1) is 10.3. The standard InChI is InChI=1S/C16H20N4S/c1-2-13(11-17)20-9-7-19(8-10-20)12-16-18-14-5-3-4-6-15(14)21-16/h3-6,13H,2,7-10,12H2,1H3. The van der Waals surface area contributed by atoms with Gasteiger partial charge in [-0.3, -0.25) is 9.80 Å². The molecule has 1 unspecified atom stereocenters. The molecule has 0 amide bonds. The molecule has 1 fully saturated rings. The van der Waals surface area contributed by atoms with Gasteiger partial charge in [0.2, 0.25) is 0 Å². The zero-order valence-corrected chi connectivity index (χ0v) is 13.1. The lowest BCUT2D eigenvalue weighted by atomic mass is 10.2. The maximum atomic E-state index is 9.15. The monoisotopic (exact) mass is 300 g/mol. The molecular formula is C16H20N4S. The summed E-state index contributed by atoms with van der Waals surface area (Å²) in [6.07, 6.45) is 0.911. The van der Waals surface area contributed by atoms with Gasteiger partial charge in [-0.25, -0.2) is 4.98 Å². The highest BCUT2D eigenvalue weighted by molar-refractivity contribution is 7.18. The maximum Gasteiger partial charge on any atom is 0.108 e. The van der Waals surface area contributed by atoms with Crippen molar-refractivity contribution in [2.24, 2.45) is 0 Å². The number of thiazole rings is 1. The molecular weight excluding hydrogens is 280 g/mol. The maximum absolute atomic E-state index is 9.15. The summed E-state index contributed by atoms with van der Waals surface area (Å²) >= 11 is 1.79. The number of hydrogen-bond acceptors (Lipinski definition) is 5. The molecule has 0 radical (unpaired) electrons. The van der Waals surface area contributed by atoms with Crippen molar-refractivity contribution in [1.29, 1.82) is 5.26 Å². The van der Waals surface area contributed by atoms with Crippen LogP contribution in [0.4, 0.5) is 0 Å². The van der Waals surface area contributed by atoms with E-state index in [1.165, 1.54) is 9.71 Å². The molecule has 0 N–H and O–H groups in total. The summed E-state index contributed by atoms with van der Waals surface area (Å²) < 4.78 is 1.27. The van der Waals surface area contributed by atoms with Crippen LogP contribution in [0.1, 0.15) is 18.4 Å². The quantitative estimate of drug-likeness (QED) is 0.871. The molecule has 110 valence electrons. The first-order valence-corrected chi connectivity index (χ1v) is 8.32. The zero-order valence-electron chi connectivity index (χ0n) is 12.3. The highest BCUT2D eigenvalue weighted by Gasteiger charge is 2.22. The molecule has 1 saturated heterocycles. The lowest BCUT2D eigenvalue weighted by Crippen LogP contribution is -2.49. The summed E-state index contributed by atoms with van der Waals surface area (Å²) in [7, 11) is 0. The Morgan fingerprint density at radius 2 is 2.05 bits per heavy atom. The number of nitriles is 1. The van der Waals surface area contributed by atoms with Crippen LogP contribution in [0.15, 0.2) is 24.3 Å². The molecule has 2 heterocycles. The number of rotatable bonds is 4. The molecule has 0 spiro atoms. The number of hydrogen-bond donors (Lipinski definition) is 0. The normalized spacial score (nSPS) is 18.7. The van der Waals surface area contributed by atoms with Gasteiger partial charge in [0.1, 0.15) is 5.01 Å². The van der Waals surface area contributed by atoms with Crippen molar-refractivity contribution in [3.05, 3.63) is 29.3 Å². The molecule has 2 aromatic rings. The fourth-order valence-electron chi connectivity index (χ4n) is 2.84. The van der Waals surface area contributed by atoms with Gasteiger partial charge in [0.25, 0.3) is 0 Å². The molecule has 0 bridgehead atoms. The Balaban J connectivity index is 1.59. The van der Waals surface area contributed by atoms with Crippen molar-refractivity contribution >= 4 is 21.6 Å². The molecule has 5 heteroatoms. The number of nitrogens with zero attached hydrogens (tertiary/aromatic N) is 4. The van der Waals surface area contributed by atoms with Gasteiger partial charge in [-0.2, -0.15) is 5.26 Å². The van der Waals surface area contributed by atoms with Crippen molar-refractivity contribution in [1.82, 2.24) is 14.8 Å². The Labute approximate surface area is 129 Å². The Hall–Kier alpha value is -1.48. The van der Waals surface area contributed by atoms with Crippen LogP contribution in [0.2, 0.25) is 0 Å². The second kappa shape index (κ2) is 6.52. The van der Waals surface area contributed by atoms with E-state index in [4.69, 9.17) is 10.2 Å². The second-order valence-electron chi connectivity index (χ2n) is 5.44. The third-order valence-corrected chi connectivity index (χ3v) is 5.10. The van der Waals surface area contributed by atoms with Crippen LogP contribution < -0.4 is 0 Å². The van der Waals surface area contributed by atoms with Gasteiger partial charge < -0.3 is 0 Å². The van der Waals surface area contributed by atoms with Crippen LogP contribution in [0.3, 0.4) is 0 Å². The molecule has 1 aliphatic rings. The van der Waals surface area contributed by atoms with Gasteiger partial charge in [-0.15, -0.1) is 11.3 Å². The number of fused-ring (bicyclic) bond motifs is 1. The minimum Gasteiger partial charge on any atom is -0.294 e. The Morgan fingerprint density at radius 3 is 2.71 bits per heavy atom. The molecule has 3 rings (SSSR count). The number of benzene rings is 1. The summed E-state index contributed by atoms with van der Waals surface area (Å²) in [5.41, 5.74) is 1.10. The molecule has 4 nitrogen and oxygen atoms in total. The molecule has 1 aromatic carbocycles. The highest BCUT2D eigenvalue weighted by atomic mass is 32.1. The van der Waals surface area contributed by atoms with Crippen LogP contribution in [0, 0.1) is 11.3 Å². The van der Waals surface area contributed by atoms with Crippen molar-refractivity contribution < 1.29 is 0 Å². The Bertz CT molecular complexity index is 604. The third-order valence-electron chi connectivity index (χ3n) is 4.08. The molecule has 0 saturated carbocycles. The fraction of sp³-hybridized carbons (Fsp3) is 0.500. The highest BCUT2D eigenvalue weighted by Crippen LogP contribution is 2.23. The molecule has 0 aliphatic carbocycles. The first-order valence-electron chi connectivity index (χ1n) is 7.50. The third kappa shape index (κ3) is 3.24. The van der Waals surface area contributed by atoms with E-state index in [1.807, 2.05) is 6.07 Å². The largest absolute Gasteiger partial charge is 0.294 e. The van der Waals surface area contributed by atoms with Gasteiger partial charge in [0, 0.05) is 26.2 Å². The predicted molar refractivity (Wildman–Crippen MR) is 86.2 cm³/mol. The minimum atomic E-state index is 0.0783.